The van der Waals surface area contributed by atoms with Gasteiger partial charge in [0.15, 0.2) is 0 Å². The molecule has 104 valence electrons. The minimum atomic E-state index is -0.185. The number of nitrogens with one attached hydrogen (secondary N) is 1. The van der Waals surface area contributed by atoms with Crippen molar-refractivity contribution in [2.45, 2.75) is 44.3 Å². The monoisotopic (exact) mass is 326 g/mol. The zero-order valence-corrected chi connectivity index (χ0v) is 12.6. The minimum absolute atomic E-state index is 0.185. The molecule has 2 saturated heterocycles. The van der Waals surface area contributed by atoms with Gasteiger partial charge in [-0.3, -0.25) is 4.90 Å². The number of rotatable bonds is 3. The quantitative estimate of drug-likeness (QED) is 0.916. The van der Waals surface area contributed by atoms with Gasteiger partial charge in [-0.05, 0) is 43.5 Å². The van der Waals surface area contributed by atoms with Crippen LogP contribution in [0, 0.1) is 5.82 Å². The summed E-state index contributed by atoms with van der Waals surface area (Å²) in [6.07, 6.45) is 5.28. The highest BCUT2D eigenvalue weighted by Gasteiger charge is 2.34. The number of nitrogens with zero attached hydrogens (tertiary/aromatic N) is 1. The number of hydrogen-bond acceptors (Lipinski definition) is 2. The maximum absolute atomic E-state index is 13.1. The van der Waals surface area contributed by atoms with Crippen LogP contribution in [-0.4, -0.2) is 30.1 Å². The Balaban J connectivity index is 1.60. The summed E-state index contributed by atoms with van der Waals surface area (Å²) in [7, 11) is 0. The summed E-state index contributed by atoms with van der Waals surface area (Å²) < 4.78 is 13.9. The number of piperidine rings is 1. The van der Waals surface area contributed by atoms with Crippen LogP contribution >= 0.6 is 15.9 Å². The third kappa shape index (κ3) is 3.01. The largest absolute Gasteiger partial charge is 0.308 e. The third-order valence-electron chi connectivity index (χ3n) is 4.43. The standard InChI is InChI=1S/C15H20BrFN2/c16-13-9-12(17)5-4-11(13)10-18-14-6-8-19-7-2-1-3-15(14)19/h4-5,9,14-15,18H,1-3,6-8,10H2. The molecule has 3 rings (SSSR count). The van der Waals surface area contributed by atoms with Crippen molar-refractivity contribution in [3.8, 4) is 0 Å². The lowest BCUT2D eigenvalue weighted by Gasteiger charge is -2.32. The number of halogens is 2. The Hall–Kier alpha value is -0.450. The van der Waals surface area contributed by atoms with Crippen molar-refractivity contribution in [3.05, 3.63) is 34.1 Å². The summed E-state index contributed by atoms with van der Waals surface area (Å²) in [6, 6.07) is 6.24. The van der Waals surface area contributed by atoms with Crippen molar-refractivity contribution >= 4 is 15.9 Å². The highest BCUT2D eigenvalue weighted by Crippen LogP contribution is 2.27. The molecule has 19 heavy (non-hydrogen) atoms. The van der Waals surface area contributed by atoms with Crippen LogP contribution in [0.5, 0.6) is 0 Å². The molecule has 2 atom stereocenters. The van der Waals surface area contributed by atoms with Crippen LogP contribution < -0.4 is 5.32 Å². The summed E-state index contributed by atoms with van der Waals surface area (Å²) in [5.74, 6) is -0.185. The molecule has 0 radical (unpaired) electrons. The van der Waals surface area contributed by atoms with Gasteiger partial charge in [-0.25, -0.2) is 4.39 Å². The fraction of sp³-hybridized carbons (Fsp3) is 0.600. The van der Waals surface area contributed by atoms with Gasteiger partial charge in [0.25, 0.3) is 0 Å². The molecule has 0 aromatic heterocycles. The van der Waals surface area contributed by atoms with E-state index < -0.39 is 0 Å². The second kappa shape index (κ2) is 5.90. The predicted molar refractivity (Wildman–Crippen MR) is 78.6 cm³/mol. The molecule has 0 aliphatic carbocycles. The molecule has 1 N–H and O–H groups in total. The maximum Gasteiger partial charge on any atom is 0.124 e. The van der Waals surface area contributed by atoms with Crippen LogP contribution in [0.2, 0.25) is 0 Å². The lowest BCUT2D eigenvalue weighted by molar-refractivity contribution is 0.180. The Morgan fingerprint density at radius 3 is 3.00 bits per heavy atom. The second-order valence-corrected chi connectivity index (χ2v) is 6.47. The fourth-order valence-corrected chi connectivity index (χ4v) is 3.88. The molecule has 2 fully saturated rings. The molecular weight excluding hydrogens is 307 g/mol. The molecule has 2 aliphatic heterocycles. The molecule has 1 aromatic carbocycles. The average Bonchev–Trinajstić information content (AvgIpc) is 2.81. The molecular formula is C15H20BrFN2. The van der Waals surface area contributed by atoms with Crippen LogP contribution in [0.1, 0.15) is 31.2 Å². The lowest BCUT2D eigenvalue weighted by Crippen LogP contribution is -2.44. The van der Waals surface area contributed by atoms with Gasteiger partial charge in [0.1, 0.15) is 5.82 Å². The van der Waals surface area contributed by atoms with E-state index in [0.29, 0.717) is 12.1 Å². The molecule has 0 amide bonds. The van der Waals surface area contributed by atoms with E-state index in [4.69, 9.17) is 0 Å². The molecule has 2 aliphatic rings. The first kappa shape index (κ1) is 13.5. The van der Waals surface area contributed by atoms with E-state index in [-0.39, 0.29) is 5.82 Å². The van der Waals surface area contributed by atoms with Gasteiger partial charge in [-0.1, -0.05) is 28.4 Å². The molecule has 2 heterocycles. The highest BCUT2D eigenvalue weighted by atomic mass is 79.9. The topological polar surface area (TPSA) is 15.3 Å². The first-order chi connectivity index (χ1) is 9.24. The third-order valence-corrected chi connectivity index (χ3v) is 5.16. The first-order valence-electron chi connectivity index (χ1n) is 7.15. The Kier molecular flexibility index (Phi) is 4.20. The van der Waals surface area contributed by atoms with Crippen molar-refractivity contribution in [2.24, 2.45) is 0 Å². The van der Waals surface area contributed by atoms with Crippen LogP contribution in [0.25, 0.3) is 0 Å². The molecule has 0 saturated carbocycles. The van der Waals surface area contributed by atoms with Crippen molar-refractivity contribution in [1.82, 2.24) is 10.2 Å². The lowest BCUT2D eigenvalue weighted by atomic mass is 9.99. The van der Waals surface area contributed by atoms with Gasteiger partial charge < -0.3 is 5.32 Å². The van der Waals surface area contributed by atoms with E-state index in [1.165, 1.54) is 44.8 Å². The van der Waals surface area contributed by atoms with Crippen molar-refractivity contribution in [2.75, 3.05) is 13.1 Å². The van der Waals surface area contributed by atoms with E-state index in [2.05, 4.69) is 26.1 Å². The highest BCUT2D eigenvalue weighted by molar-refractivity contribution is 9.10. The van der Waals surface area contributed by atoms with Crippen molar-refractivity contribution in [1.29, 1.82) is 0 Å². The Morgan fingerprint density at radius 1 is 1.26 bits per heavy atom. The summed E-state index contributed by atoms with van der Waals surface area (Å²) in [6.45, 7) is 3.31. The summed E-state index contributed by atoms with van der Waals surface area (Å²) >= 11 is 3.44. The smallest absolute Gasteiger partial charge is 0.124 e. The van der Waals surface area contributed by atoms with Crippen LogP contribution in [-0.2, 0) is 6.54 Å². The molecule has 0 spiro atoms. The number of hydrogen-bond donors (Lipinski definition) is 1. The number of benzene rings is 1. The summed E-state index contributed by atoms with van der Waals surface area (Å²) in [5, 5.41) is 3.66. The summed E-state index contributed by atoms with van der Waals surface area (Å²) in [5.41, 5.74) is 1.13. The zero-order chi connectivity index (χ0) is 13.2. The van der Waals surface area contributed by atoms with Gasteiger partial charge in [0.2, 0.25) is 0 Å². The SMILES string of the molecule is Fc1ccc(CNC2CCN3CCCCC23)c(Br)c1. The molecule has 0 bridgehead atoms. The zero-order valence-electron chi connectivity index (χ0n) is 11.0. The van der Waals surface area contributed by atoms with E-state index in [0.717, 1.165) is 16.6 Å². The van der Waals surface area contributed by atoms with E-state index in [1.54, 1.807) is 6.07 Å². The van der Waals surface area contributed by atoms with Crippen LogP contribution in [0.3, 0.4) is 0 Å². The van der Waals surface area contributed by atoms with E-state index >= 15 is 0 Å². The Morgan fingerprint density at radius 2 is 2.16 bits per heavy atom. The molecule has 2 unspecified atom stereocenters. The van der Waals surface area contributed by atoms with Gasteiger partial charge in [0.05, 0.1) is 0 Å². The molecule has 4 heteroatoms. The van der Waals surface area contributed by atoms with Gasteiger partial charge in [-0.2, -0.15) is 0 Å². The van der Waals surface area contributed by atoms with Crippen LogP contribution in [0.15, 0.2) is 22.7 Å². The van der Waals surface area contributed by atoms with E-state index in [9.17, 15) is 4.39 Å². The summed E-state index contributed by atoms with van der Waals surface area (Å²) in [4.78, 5) is 2.63. The second-order valence-electron chi connectivity index (χ2n) is 5.61. The number of fused-ring (bicyclic) bond motifs is 1. The Labute approximate surface area is 122 Å². The van der Waals surface area contributed by atoms with Crippen LogP contribution in [0.4, 0.5) is 4.39 Å². The average molecular weight is 327 g/mol. The van der Waals surface area contributed by atoms with Gasteiger partial charge >= 0.3 is 0 Å². The fourth-order valence-electron chi connectivity index (χ4n) is 3.39. The normalized spacial score (nSPS) is 27.5. The maximum atomic E-state index is 13.1. The predicted octanol–water partition coefficient (Wildman–Crippen LogP) is 3.30. The van der Waals surface area contributed by atoms with Crippen molar-refractivity contribution in [3.63, 3.8) is 0 Å². The molecule has 2 nitrogen and oxygen atoms in total. The molecule has 1 aromatic rings. The van der Waals surface area contributed by atoms with Gasteiger partial charge in [-0.15, -0.1) is 0 Å². The Bertz CT molecular complexity index is 452. The van der Waals surface area contributed by atoms with E-state index in [1.807, 2.05) is 6.07 Å². The first-order valence-corrected chi connectivity index (χ1v) is 7.95. The minimum Gasteiger partial charge on any atom is -0.308 e. The van der Waals surface area contributed by atoms with Gasteiger partial charge in [0, 0.05) is 29.6 Å². The van der Waals surface area contributed by atoms with Crippen molar-refractivity contribution < 1.29 is 4.39 Å².